The summed E-state index contributed by atoms with van der Waals surface area (Å²) in [6.45, 7) is 6.78. The normalized spacial score (nSPS) is 24.1. The lowest BCUT2D eigenvalue weighted by atomic mass is 9.86. The Balaban J connectivity index is 2.41. The van der Waals surface area contributed by atoms with Crippen molar-refractivity contribution in [1.82, 2.24) is 0 Å². The number of amides is 1. The van der Waals surface area contributed by atoms with Crippen molar-refractivity contribution in [2.45, 2.75) is 27.2 Å². The number of anilines is 2. The minimum Gasteiger partial charge on any atom is -0.382 e. The largest absolute Gasteiger partial charge is 0.382 e. The molecule has 1 aliphatic rings. The van der Waals surface area contributed by atoms with Crippen LogP contribution in [0.15, 0.2) is 18.2 Å². The highest BCUT2D eigenvalue weighted by Gasteiger charge is 2.34. The molecule has 0 fully saturated rings. The summed E-state index contributed by atoms with van der Waals surface area (Å²) in [4.78, 5) is 12.1. The van der Waals surface area contributed by atoms with Crippen LogP contribution in [0.5, 0.6) is 0 Å². The fraction of sp³-hybridized carbons (Fsp3) is 0.462. The van der Waals surface area contributed by atoms with E-state index in [4.69, 9.17) is 0 Å². The van der Waals surface area contributed by atoms with Crippen LogP contribution in [0.2, 0.25) is 0 Å². The van der Waals surface area contributed by atoms with Crippen LogP contribution in [-0.4, -0.2) is 12.5 Å². The fourth-order valence-corrected chi connectivity index (χ4v) is 1.93. The van der Waals surface area contributed by atoms with Gasteiger partial charge in [-0.25, -0.2) is 0 Å². The third kappa shape index (κ3) is 1.66. The summed E-state index contributed by atoms with van der Waals surface area (Å²) < 4.78 is 0. The molecule has 0 radical (unpaired) electrons. The zero-order valence-corrected chi connectivity index (χ0v) is 10.1. The minimum atomic E-state index is -0.328. The number of carbonyl (C=O) groups excluding carboxylic acids is 1. The predicted molar refractivity (Wildman–Crippen MR) is 66.7 cm³/mol. The zero-order chi connectivity index (χ0) is 11.8. The van der Waals surface area contributed by atoms with E-state index in [9.17, 15) is 4.79 Å². The number of rotatable bonds is 1. The first-order chi connectivity index (χ1) is 7.57. The van der Waals surface area contributed by atoms with E-state index in [1.807, 2.05) is 39.0 Å². The second kappa shape index (κ2) is 3.81. The Kier molecular flexibility index (Phi) is 2.62. The molecule has 0 bridgehead atoms. The van der Waals surface area contributed by atoms with E-state index in [2.05, 4.69) is 10.6 Å². The first-order valence-electron chi connectivity index (χ1n) is 5.72. The summed E-state index contributed by atoms with van der Waals surface area (Å²) >= 11 is 0. The summed E-state index contributed by atoms with van der Waals surface area (Å²) in [7, 11) is 0. The third-order valence-corrected chi connectivity index (χ3v) is 3.50. The number of carbonyl (C=O) groups is 1. The van der Waals surface area contributed by atoms with Crippen LogP contribution in [0.25, 0.3) is 0 Å². The van der Waals surface area contributed by atoms with Gasteiger partial charge in [-0.2, -0.15) is 0 Å². The smallest absolute Gasteiger partial charge is 0.232 e. The maximum Gasteiger partial charge on any atom is 0.232 e. The van der Waals surface area contributed by atoms with Crippen molar-refractivity contribution in [1.29, 1.82) is 0 Å². The second-order valence-corrected chi connectivity index (χ2v) is 4.72. The lowest BCUT2D eigenvalue weighted by Gasteiger charge is -2.24. The molecule has 0 aliphatic carbocycles. The van der Waals surface area contributed by atoms with E-state index in [0.29, 0.717) is 6.54 Å². The Morgan fingerprint density at radius 2 is 2.19 bits per heavy atom. The average molecular weight is 218 g/mol. The third-order valence-electron chi connectivity index (χ3n) is 3.50. The zero-order valence-electron chi connectivity index (χ0n) is 10.1. The van der Waals surface area contributed by atoms with E-state index in [0.717, 1.165) is 23.4 Å². The molecule has 1 aromatic rings. The molecule has 1 aliphatic heterocycles. The van der Waals surface area contributed by atoms with Gasteiger partial charge < -0.3 is 10.6 Å². The van der Waals surface area contributed by atoms with Crippen LogP contribution in [-0.2, 0) is 4.79 Å². The molecule has 0 saturated heterocycles. The lowest BCUT2D eigenvalue weighted by molar-refractivity contribution is -0.124. The molecule has 3 heteroatoms. The van der Waals surface area contributed by atoms with Crippen LogP contribution in [0, 0.1) is 12.3 Å². The maximum absolute atomic E-state index is 12.1. The van der Waals surface area contributed by atoms with E-state index in [1.54, 1.807) is 0 Å². The van der Waals surface area contributed by atoms with Crippen LogP contribution in [0.3, 0.4) is 0 Å². The number of nitrogens with one attached hydrogen (secondary N) is 2. The van der Waals surface area contributed by atoms with Gasteiger partial charge in [0, 0.05) is 6.54 Å². The second-order valence-electron chi connectivity index (χ2n) is 4.72. The molecule has 0 saturated carbocycles. The highest BCUT2D eigenvalue weighted by Crippen LogP contribution is 2.33. The lowest BCUT2D eigenvalue weighted by Crippen LogP contribution is -2.36. The predicted octanol–water partition coefficient (Wildman–Crippen LogP) is 2.78. The van der Waals surface area contributed by atoms with Crippen molar-refractivity contribution < 1.29 is 4.79 Å². The molecule has 1 atom stereocenters. The summed E-state index contributed by atoms with van der Waals surface area (Å²) in [5.74, 6) is 0.104. The average Bonchev–Trinajstić information content (AvgIpc) is 2.39. The summed E-state index contributed by atoms with van der Waals surface area (Å²) in [6, 6.07) is 5.95. The molecule has 2 N–H and O–H groups in total. The van der Waals surface area contributed by atoms with Gasteiger partial charge in [0.15, 0.2) is 0 Å². The Morgan fingerprint density at radius 1 is 1.44 bits per heavy atom. The number of benzene rings is 1. The Hall–Kier alpha value is -1.51. The molecule has 1 aromatic carbocycles. The monoisotopic (exact) mass is 218 g/mol. The van der Waals surface area contributed by atoms with Gasteiger partial charge in [0.05, 0.1) is 16.8 Å². The van der Waals surface area contributed by atoms with Crippen molar-refractivity contribution in [2.24, 2.45) is 5.41 Å². The SMILES string of the molecule is CCC1(C)CNc2c(C)cccc2NC1=O. The summed E-state index contributed by atoms with van der Waals surface area (Å²) in [5, 5.41) is 6.39. The van der Waals surface area contributed by atoms with Crippen LogP contribution >= 0.6 is 0 Å². The number of fused-ring (bicyclic) bond motifs is 1. The molecule has 2 rings (SSSR count). The van der Waals surface area contributed by atoms with Gasteiger partial charge in [-0.3, -0.25) is 4.79 Å². The molecule has 1 amide bonds. The van der Waals surface area contributed by atoms with Crippen LogP contribution in [0.1, 0.15) is 25.8 Å². The number of aryl methyl sites for hydroxylation is 1. The Bertz CT molecular complexity index is 428. The van der Waals surface area contributed by atoms with Crippen molar-refractivity contribution in [3.8, 4) is 0 Å². The molecular weight excluding hydrogens is 200 g/mol. The number of hydrogen-bond donors (Lipinski definition) is 2. The van der Waals surface area contributed by atoms with Gasteiger partial charge in [0.2, 0.25) is 5.91 Å². The van der Waals surface area contributed by atoms with Crippen molar-refractivity contribution in [2.75, 3.05) is 17.2 Å². The summed E-state index contributed by atoms with van der Waals surface area (Å²) in [6.07, 6.45) is 0.832. The van der Waals surface area contributed by atoms with E-state index >= 15 is 0 Å². The minimum absolute atomic E-state index is 0.104. The summed E-state index contributed by atoms with van der Waals surface area (Å²) in [5.41, 5.74) is 2.78. The molecule has 0 spiro atoms. The first-order valence-corrected chi connectivity index (χ1v) is 5.72. The highest BCUT2D eigenvalue weighted by atomic mass is 16.2. The van der Waals surface area contributed by atoms with Crippen molar-refractivity contribution in [3.05, 3.63) is 23.8 Å². The van der Waals surface area contributed by atoms with Crippen LogP contribution < -0.4 is 10.6 Å². The molecule has 1 unspecified atom stereocenters. The molecule has 16 heavy (non-hydrogen) atoms. The Morgan fingerprint density at radius 3 is 2.88 bits per heavy atom. The van der Waals surface area contributed by atoms with Crippen LogP contribution in [0.4, 0.5) is 11.4 Å². The quantitative estimate of drug-likeness (QED) is 0.761. The molecular formula is C13H18N2O. The van der Waals surface area contributed by atoms with Gasteiger partial charge in [0.1, 0.15) is 0 Å². The number of hydrogen-bond acceptors (Lipinski definition) is 2. The van der Waals surface area contributed by atoms with Crippen molar-refractivity contribution >= 4 is 17.3 Å². The maximum atomic E-state index is 12.1. The van der Waals surface area contributed by atoms with Gasteiger partial charge in [-0.15, -0.1) is 0 Å². The van der Waals surface area contributed by atoms with Gasteiger partial charge in [0.25, 0.3) is 0 Å². The highest BCUT2D eigenvalue weighted by molar-refractivity contribution is 6.00. The molecule has 0 aromatic heterocycles. The standard InChI is InChI=1S/C13H18N2O/c1-4-13(3)8-14-11-9(2)6-5-7-10(11)15-12(13)16/h5-7,14H,4,8H2,1-3H3,(H,15,16). The van der Waals surface area contributed by atoms with Gasteiger partial charge in [-0.05, 0) is 31.9 Å². The van der Waals surface area contributed by atoms with E-state index in [1.165, 1.54) is 0 Å². The van der Waals surface area contributed by atoms with E-state index < -0.39 is 0 Å². The molecule has 1 heterocycles. The fourth-order valence-electron chi connectivity index (χ4n) is 1.93. The van der Waals surface area contributed by atoms with E-state index in [-0.39, 0.29) is 11.3 Å². The first kappa shape index (κ1) is 11.0. The van der Waals surface area contributed by atoms with Gasteiger partial charge >= 0.3 is 0 Å². The van der Waals surface area contributed by atoms with Gasteiger partial charge in [-0.1, -0.05) is 19.1 Å². The topological polar surface area (TPSA) is 41.1 Å². The number of para-hydroxylation sites is 1. The Labute approximate surface area is 96.2 Å². The molecule has 3 nitrogen and oxygen atoms in total. The molecule has 86 valence electrons. The van der Waals surface area contributed by atoms with Crippen molar-refractivity contribution in [3.63, 3.8) is 0 Å².